The summed E-state index contributed by atoms with van der Waals surface area (Å²) < 4.78 is 0. The summed E-state index contributed by atoms with van der Waals surface area (Å²) in [5.74, 6) is 0.229. The molecule has 0 radical (unpaired) electrons. The van der Waals surface area contributed by atoms with E-state index in [0.29, 0.717) is 44.6 Å². The SMILES string of the molecule is O=C(O)CCNC(=O)c1ccc([C@@H](C2CC2)N2C(=O)C(c3cc(Cl)cc(Cl)c3)=NC23CCC2CCCCC2C3)cc1. The second-order valence-electron chi connectivity index (χ2n) is 12.1. The van der Waals surface area contributed by atoms with Gasteiger partial charge in [0.05, 0.1) is 12.5 Å². The molecule has 1 heterocycles. The third kappa shape index (κ3) is 5.76. The van der Waals surface area contributed by atoms with Gasteiger partial charge in [-0.15, -0.1) is 0 Å². The molecule has 2 N–H and O–H groups in total. The fraction of sp³-hybridized carbons (Fsp3) is 0.500. The molecule has 7 nitrogen and oxygen atoms in total. The monoisotopic (exact) mass is 595 g/mol. The third-order valence-corrected chi connectivity index (χ3v) is 9.82. The molecule has 2 amide bonds. The normalized spacial score (nSPS) is 26.4. The van der Waals surface area contributed by atoms with Gasteiger partial charge in [-0.2, -0.15) is 0 Å². The van der Waals surface area contributed by atoms with Crippen LogP contribution in [0, 0.1) is 17.8 Å². The highest BCUT2D eigenvalue weighted by Gasteiger charge is 2.56. The van der Waals surface area contributed by atoms with Gasteiger partial charge in [0.2, 0.25) is 0 Å². The van der Waals surface area contributed by atoms with Gasteiger partial charge in [-0.1, -0.05) is 61.0 Å². The number of nitrogens with one attached hydrogen (secondary N) is 1. The van der Waals surface area contributed by atoms with Crippen molar-refractivity contribution in [3.63, 3.8) is 0 Å². The van der Waals surface area contributed by atoms with Crippen LogP contribution < -0.4 is 5.32 Å². The highest BCUT2D eigenvalue weighted by Crippen LogP contribution is 2.55. The first-order valence-corrected chi connectivity index (χ1v) is 15.5. The number of carbonyl (C=O) groups excluding carboxylic acids is 2. The third-order valence-electron chi connectivity index (χ3n) is 9.38. The second-order valence-corrected chi connectivity index (χ2v) is 13.0. The quantitative estimate of drug-likeness (QED) is 0.356. The van der Waals surface area contributed by atoms with Crippen molar-refractivity contribution in [1.29, 1.82) is 0 Å². The highest BCUT2D eigenvalue weighted by atomic mass is 35.5. The van der Waals surface area contributed by atoms with Crippen molar-refractivity contribution < 1.29 is 19.5 Å². The van der Waals surface area contributed by atoms with E-state index in [2.05, 4.69) is 10.2 Å². The molecule has 2 aromatic rings. The van der Waals surface area contributed by atoms with Crippen LogP contribution in [-0.2, 0) is 9.59 Å². The molecule has 1 spiro atoms. The van der Waals surface area contributed by atoms with Crippen molar-refractivity contribution in [1.82, 2.24) is 10.2 Å². The molecule has 41 heavy (non-hydrogen) atoms. The average molecular weight is 597 g/mol. The van der Waals surface area contributed by atoms with E-state index in [-0.39, 0.29) is 30.8 Å². The van der Waals surface area contributed by atoms with Gasteiger partial charge in [0.1, 0.15) is 11.4 Å². The van der Waals surface area contributed by atoms with Gasteiger partial charge < -0.3 is 15.3 Å². The number of fused-ring (bicyclic) bond motifs is 1. The van der Waals surface area contributed by atoms with Gasteiger partial charge >= 0.3 is 5.97 Å². The Hall–Kier alpha value is -2.90. The number of halogens is 2. The Morgan fingerprint density at radius 3 is 2.34 bits per heavy atom. The Balaban J connectivity index is 1.34. The molecule has 4 atom stereocenters. The molecule has 3 aliphatic carbocycles. The van der Waals surface area contributed by atoms with E-state index in [4.69, 9.17) is 33.3 Å². The first kappa shape index (κ1) is 28.2. The number of carboxylic acid groups (broad SMARTS) is 1. The zero-order valence-corrected chi connectivity index (χ0v) is 24.5. The standard InChI is InChI=1S/C32H35Cl2N3O4/c33-25-15-24(16-26(34)17-25)28-31(41)37(32(36-28)13-11-19-3-1-2-4-23(19)18-32)29(20-5-6-20)21-7-9-22(10-8-21)30(40)35-14-12-27(38)39/h7-10,15-17,19-20,23,29H,1-6,11-14,18H2,(H,35,40)(H,38,39)/t19?,23?,29-,32?/m1/s1. The van der Waals surface area contributed by atoms with E-state index in [1.54, 1.807) is 30.3 Å². The van der Waals surface area contributed by atoms with E-state index in [0.717, 1.165) is 37.7 Å². The number of hydrogen-bond acceptors (Lipinski definition) is 4. The number of benzene rings is 2. The fourth-order valence-corrected chi connectivity index (χ4v) is 7.86. The fourth-order valence-electron chi connectivity index (χ4n) is 7.33. The van der Waals surface area contributed by atoms with Crippen molar-refractivity contribution in [2.45, 2.75) is 75.9 Å². The maximum absolute atomic E-state index is 14.5. The molecule has 3 unspecified atom stereocenters. The predicted octanol–water partition coefficient (Wildman–Crippen LogP) is 6.67. The lowest BCUT2D eigenvalue weighted by atomic mass is 9.67. The summed E-state index contributed by atoms with van der Waals surface area (Å²) in [7, 11) is 0. The van der Waals surface area contributed by atoms with Crippen molar-refractivity contribution in [2.75, 3.05) is 6.54 Å². The Bertz CT molecular complexity index is 1370. The lowest BCUT2D eigenvalue weighted by Crippen LogP contribution is -2.53. The molecule has 0 aromatic heterocycles. The lowest BCUT2D eigenvalue weighted by molar-refractivity contribution is -0.137. The summed E-state index contributed by atoms with van der Waals surface area (Å²) in [6.07, 6.45) is 9.67. The number of nitrogens with zero attached hydrogens (tertiary/aromatic N) is 2. The van der Waals surface area contributed by atoms with Crippen molar-refractivity contribution >= 4 is 46.7 Å². The second kappa shape index (κ2) is 11.4. The molecule has 0 bridgehead atoms. The van der Waals surface area contributed by atoms with Crippen LogP contribution in [-0.4, -0.2) is 45.7 Å². The summed E-state index contributed by atoms with van der Waals surface area (Å²) in [6, 6.07) is 12.5. The van der Waals surface area contributed by atoms with E-state index >= 15 is 0 Å². The number of aliphatic imine (C=N–C) groups is 1. The van der Waals surface area contributed by atoms with Crippen LogP contribution in [0.15, 0.2) is 47.5 Å². The molecule has 216 valence electrons. The Morgan fingerprint density at radius 1 is 1.00 bits per heavy atom. The summed E-state index contributed by atoms with van der Waals surface area (Å²) in [5, 5.41) is 12.5. The van der Waals surface area contributed by atoms with Crippen LogP contribution in [0.5, 0.6) is 0 Å². The van der Waals surface area contributed by atoms with Gasteiger partial charge in [-0.05, 0) is 85.8 Å². The summed E-state index contributed by atoms with van der Waals surface area (Å²) in [4.78, 5) is 45.2. The molecule has 2 aromatic carbocycles. The molecule has 1 aliphatic heterocycles. The predicted molar refractivity (Wildman–Crippen MR) is 158 cm³/mol. The summed E-state index contributed by atoms with van der Waals surface area (Å²) >= 11 is 12.7. The molecule has 9 heteroatoms. The maximum atomic E-state index is 14.5. The number of amides is 2. The van der Waals surface area contributed by atoms with Crippen molar-refractivity contribution in [3.05, 3.63) is 69.2 Å². The van der Waals surface area contributed by atoms with Gasteiger partial charge in [0.25, 0.3) is 11.8 Å². The zero-order valence-electron chi connectivity index (χ0n) is 23.0. The van der Waals surface area contributed by atoms with Crippen molar-refractivity contribution in [3.8, 4) is 0 Å². The summed E-state index contributed by atoms with van der Waals surface area (Å²) in [6.45, 7) is 0.0706. The minimum absolute atomic E-state index is 0.0706. The van der Waals surface area contributed by atoms with E-state index in [1.165, 1.54) is 25.7 Å². The molecule has 4 aliphatic rings. The van der Waals surface area contributed by atoms with Crippen LogP contribution in [0.25, 0.3) is 0 Å². The maximum Gasteiger partial charge on any atom is 0.305 e. The number of hydrogen-bond donors (Lipinski definition) is 2. The van der Waals surface area contributed by atoms with E-state index in [1.807, 2.05) is 12.1 Å². The number of carbonyl (C=O) groups is 3. The van der Waals surface area contributed by atoms with Crippen LogP contribution in [0.1, 0.15) is 91.7 Å². The minimum atomic E-state index is -0.957. The van der Waals surface area contributed by atoms with E-state index in [9.17, 15) is 14.4 Å². The molecule has 0 saturated heterocycles. The van der Waals surface area contributed by atoms with Crippen molar-refractivity contribution in [2.24, 2.45) is 22.7 Å². The minimum Gasteiger partial charge on any atom is -0.481 e. The molecule has 6 rings (SSSR count). The average Bonchev–Trinajstić information content (AvgIpc) is 3.75. The zero-order chi connectivity index (χ0) is 28.7. The smallest absolute Gasteiger partial charge is 0.305 e. The van der Waals surface area contributed by atoms with Gasteiger partial charge in [-0.25, -0.2) is 0 Å². The first-order valence-electron chi connectivity index (χ1n) is 14.7. The summed E-state index contributed by atoms with van der Waals surface area (Å²) in [5.41, 5.74) is 1.93. The Kier molecular flexibility index (Phi) is 7.86. The topological polar surface area (TPSA) is 99.1 Å². The van der Waals surface area contributed by atoms with Crippen LogP contribution in [0.3, 0.4) is 0 Å². The largest absolute Gasteiger partial charge is 0.481 e. The molecule has 3 saturated carbocycles. The van der Waals surface area contributed by atoms with Crippen LogP contribution in [0.4, 0.5) is 0 Å². The van der Waals surface area contributed by atoms with Crippen LogP contribution in [0.2, 0.25) is 10.0 Å². The lowest BCUT2D eigenvalue weighted by Gasteiger charge is -2.49. The van der Waals surface area contributed by atoms with E-state index < -0.39 is 11.6 Å². The number of carboxylic acids is 1. The molecule has 3 fully saturated rings. The number of aliphatic carboxylic acids is 1. The number of rotatable bonds is 8. The molecular weight excluding hydrogens is 561 g/mol. The van der Waals surface area contributed by atoms with Gasteiger partial charge in [0.15, 0.2) is 0 Å². The van der Waals surface area contributed by atoms with Gasteiger partial charge in [0, 0.05) is 27.7 Å². The Labute approximate surface area is 250 Å². The first-order chi connectivity index (χ1) is 19.7. The molecular formula is C32H35Cl2N3O4. The Morgan fingerprint density at radius 2 is 1.68 bits per heavy atom. The highest BCUT2D eigenvalue weighted by molar-refractivity contribution is 6.47. The van der Waals surface area contributed by atoms with Gasteiger partial charge in [-0.3, -0.25) is 19.4 Å². The van der Waals surface area contributed by atoms with Crippen LogP contribution >= 0.6 is 23.2 Å².